The minimum atomic E-state index is -0.228. The van der Waals surface area contributed by atoms with Gasteiger partial charge in [0.05, 0.1) is 13.1 Å². The number of piperazine rings is 1. The van der Waals surface area contributed by atoms with Crippen molar-refractivity contribution >= 4 is 28.8 Å². The number of hydrogen-bond acceptors (Lipinski definition) is 7. The molecule has 166 valence electrons. The molecule has 2 aromatic rings. The van der Waals surface area contributed by atoms with E-state index in [0.717, 1.165) is 68.4 Å². The van der Waals surface area contributed by atoms with Gasteiger partial charge >= 0.3 is 0 Å². The Hall–Kier alpha value is -2.36. The zero-order valence-corrected chi connectivity index (χ0v) is 18.9. The Labute approximate surface area is 187 Å². The smallest absolute Gasteiger partial charge is 0.286 e. The van der Waals surface area contributed by atoms with E-state index in [2.05, 4.69) is 25.3 Å². The summed E-state index contributed by atoms with van der Waals surface area (Å²) in [5, 5.41) is 12.4. The molecule has 2 aliphatic rings. The number of nitrogens with zero attached hydrogens (tertiary/aromatic N) is 5. The van der Waals surface area contributed by atoms with Crippen LogP contribution in [0.2, 0.25) is 0 Å². The third-order valence-electron chi connectivity index (χ3n) is 5.86. The number of benzene rings is 1. The van der Waals surface area contributed by atoms with Crippen LogP contribution in [0.5, 0.6) is 0 Å². The van der Waals surface area contributed by atoms with Crippen LogP contribution in [-0.2, 0) is 11.3 Å². The lowest BCUT2D eigenvalue weighted by Gasteiger charge is -2.35. The number of anilines is 1. The molecule has 1 aromatic heterocycles. The predicted molar refractivity (Wildman–Crippen MR) is 121 cm³/mol. The van der Waals surface area contributed by atoms with E-state index in [0.29, 0.717) is 18.1 Å². The Morgan fingerprint density at radius 2 is 1.61 bits per heavy atom. The van der Waals surface area contributed by atoms with Crippen LogP contribution in [0, 0.1) is 6.92 Å². The molecule has 8 nitrogen and oxygen atoms in total. The highest BCUT2D eigenvalue weighted by Gasteiger charge is 2.23. The van der Waals surface area contributed by atoms with Crippen LogP contribution in [0.4, 0.5) is 5.69 Å². The number of carbonyl (C=O) groups is 2. The molecule has 2 amide bonds. The number of likely N-dealkylation sites (tertiary alicyclic amines) is 1. The van der Waals surface area contributed by atoms with E-state index >= 15 is 0 Å². The standard InChI is InChI=1S/C22H30N6O2S/c1-17-5-7-18(8-6-17)23-21(30)22-25-24-19(31-22)15-26-11-13-27(14-12-26)16-20(29)28-9-3-2-4-10-28/h5-8H,2-4,9-16H2,1H3,(H,23,30). The zero-order valence-electron chi connectivity index (χ0n) is 18.0. The lowest BCUT2D eigenvalue weighted by Crippen LogP contribution is -2.50. The summed E-state index contributed by atoms with van der Waals surface area (Å²) in [6, 6.07) is 7.68. The predicted octanol–water partition coefficient (Wildman–Crippen LogP) is 2.23. The summed E-state index contributed by atoms with van der Waals surface area (Å²) in [4.78, 5) is 31.5. The SMILES string of the molecule is Cc1ccc(NC(=O)c2nnc(CN3CCN(CC(=O)N4CCCCC4)CC3)s2)cc1. The average molecular weight is 443 g/mol. The van der Waals surface area contributed by atoms with E-state index in [1.54, 1.807) is 0 Å². The van der Waals surface area contributed by atoms with E-state index < -0.39 is 0 Å². The van der Waals surface area contributed by atoms with E-state index in [1.807, 2.05) is 36.1 Å². The van der Waals surface area contributed by atoms with Crippen LogP contribution in [0.25, 0.3) is 0 Å². The first-order chi connectivity index (χ1) is 15.1. The third kappa shape index (κ3) is 6.09. The number of piperidine rings is 1. The minimum Gasteiger partial charge on any atom is -0.342 e. The summed E-state index contributed by atoms with van der Waals surface area (Å²) in [7, 11) is 0. The van der Waals surface area contributed by atoms with Crippen molar-refractivity contribution in [2.45, 2.75) is 32.7 Å². The lowest BCUT2D eigenvalue weighted by molar-refractivity contribution is -0.133. The molecule has 1 N–H and O–H groups in total. The van der Waals surface area contributed by atoms with Crippen LogP contribution in [0.15, 0.2) is 24.3 Å². The number of amides is 2. The molecule has 0 bridgehead atoms. The van der Waals surface area contributed by atoms with Crippen LogP contribution in [-0.4, -0.2) is 82.5 Å². The van der Waals surface area contributed by atoms with Gasteiger partial charge < -0.3 is 10.2 Å². The van der Waals surface area contributed by atoms with Crippen molar-refractivity contribution in [1.82, 2.24) is 24.9 Å². The molecule has 0 radical (unpaired) electrons. The molecule has 4 rings (SSSR count). The van der Waals surface area contributed by atoms with Crippen molar-refractivity contribution in [1.29, 1.82) is 0 Å². The molecule has 0 aliphatic carbocycles. The number of aryl methyl sites for hydroxylation is 1. The minimum absolute atomic E-state index is 0.228. The normalized spacial score (nSPS) is 18.2. The second-order valence-electron chi connectivity index (χ2n) is 8.31. The first-order valence-corrected chi connectivity index (χ1v) is 11.8. The van der Waals surface area contributed by atoms with Crippen molar-refractivity contribution < 1.29 is 9.59 Å². The Balaban J connectivity index is 1.22. The highest BCUT2D eigenvalue weighted by molar-refractivity contribution is 7.13. The maximum atomic E-state index is 12.5. The number of nitrogens with one attached hydrogen (secondary N) is 1. The topological polar surface area (TPSA) is 81.7 Å². The molecule has 0 saturated carbocycles. The fourth-order valence-corrected chi connectivity index (χ4v) is 4.74. The lowest BCUT2D eigenvalue weighted by atomic mass is 10.1. The van der Waals surface area contributed by atoms with Gasteiger partial charge in [0.2, 0.25) is 10.9 Å². The van der Waals surface area contributed by atoms with Crippen LogP contribution < -0.4 is 5.32 Å². The number of rotatable bonds is 6. The van der Waals surface area contributed by atoms with Crippen molar-refractivity contribution in [2.24, 2.45) is 0 Å². The maximum Gasteiger partial charge on any atom is 0.286 e. The molecule has 2 fully saturated rings. The Bertz CT molecular complexity index is 886. The molecule has 2 saturated heterocycles. The van der Waals surface area contributed by atoms with Gasteiger partial charge in [-0.2, -0.15) is 0 Å². The zero-order chi connectivity index (χ0) is 21.6. The van der Waals surface area contributed by atoms with Gasteiger partial charge in [-0.05, 0) is 38.3 Å². The third-order valence-corrected chi connectivity index (χ3v) is 6.77. The summed E-state index contributed by atoms with van der Waals surface area (Å²) in [5.41, 5.74) is 1.90. The average Bonchev–Trinajstić information content (AvgIpc) is 3.26. The van der Waals surface area contributed by atoms with Crippen molar-refractivity contribution in [3.05, 3.63) is 39.8 Å². The molecule has 0 spiro atoms. The molecular formula is C22H30N6O2S. The number of aromatic nitrogens is 2. The molecule has 0 atom stereocenters. The van der Waals surface area contributed by atoms with E-state index in [-0.39, 0.29) is 11.8 Å². The monoisotopic (exact) mass is 442 g/mol. The first kappa shape index (κ1) is 21.9. The van der Waals surface area contributed by atoms with Crippen LogP contribution in [0.1, 0.15) is 39.6 Å². The van der Waals surface area contributed by atoms with Crippen molar-refractivity contribution in [3.8, 4) is 0 Å². The van der Waals surface area contributed by atoms with Gasteiger partial charge in [-0.15, -0.1) is 10.2 Å². The van der Waals surface area contributed by atoms with E-state index in [9.17, 15) is 9.59 Å². The van der Waals surface area contributed by atoms with Gasteiger partial charge in [0.1, 0.15) is 5.01 Å². The van der Waals surface area contributed by atoms with Gasteiger partial charge in [-0.1, -0.05) is 29.0 Å². The molecule has 0 unspecified atom stereocenters. The number of carbonyl (C=O) groups excluding carboxylic acids is 2. The Morgan fingerprint density at radius 1 is 0.935 bits per heavy atom. The van der Waals surface area contributed by atoms with Crippen molar-refractivity contribution in [3.63, 3.8) is 0 Å². The largest absolute Gasteiger partial charge is 0.342 e. The second kappa shape index (κ2) is 10.3. The van der Waals surface area contributed by atoms with E-state index in [4.69, 9.17) is 0 Å². The second-order valence-corrected chi connectivity index (χ2v) is 9.38. The summed E-state index contributed by atoms with van der Waals surface area (Å²) in [6.45, 7) is 8.56. The molecule has 1 aromatic carbocycles. The Kier molecular flexibility index (Phi) is 7.26. The van der Waals surface area contributed by atoms with Crippen LogP contribution >= 0.6 is 11.3 Å². The molecule has 9 heteroatoms. The van der Waals surface area contributed by atoms with Gasteiger partial charge in [0, 0.05) is 45.0 Å². The highest BCUT2D eigenvalue weighted by Crippen LogP contribution is 2.17. The maximum absolute atomic E-state index is 12.5. The van der Waals surface area contributed by atoms with Crippen molar-refractivity contribution in [2.75, 3.05) is 51.1 Å². The van der Waals surface area contributed by atoms with Gasteiger partial charge in [0.15, 0.2) is 0 Å². The van der Waals surface area contributed by atoms with Gasteiger partial charge in [0.25, 0.3) is 5.91 Å². The fraction of sp³-hybridized carbons (Fsp3) is 0.545. The highest BCUT2D eigenvalue weighted by atomic mass is 32.1. The molecule has 31 heavy (non-hydrogen) atoms. The summed E-state index contributed by atoms with van der Waals surface area (Å²) in [5.74, 6) is 0.0372. The van der Waals surface area contributed by atoms with Gasteiger partial charge in [-0.3, -0.25) is 19.4 Å². The molecular weight excluding hydrogens is 412 g/mol. The quantitative estimate of drug-likeness (QED) is 0.739. The summed E-state index contributed by atoms with van der Waals surface area (Å²) >= 11 is 1.34. The number of hydrogen-bond donors (Lipinski definition) is 1. The molecule has 2 aliphatic heterocycles. The fourth-order valence-electron chi connectivity index (χ4n) is 3.96. The van der Waals surface area contributed by atoms with Crippen LogP contribution in [0.3, 0.4) is 0 Å². The molecule has 3 heterocycles. The Morgan fingerprint density at radius 3 is 2.32 bits per heavy atom. The summed E-state index contributed by atoms with van der Waals surface area (Å²) in [6.07, 6.45) is 3.50. The van der Waals surface area contributed by atoms with Gasteiger partial charge in [-0.25, -0.2) is 0 Å². The van der Waals surface area contributed by atoms with E-state index in [1.165, 1.54) is 17.8 Å². The first-order valence-electron chi connectivity index (χ1n) is 11.0. The summed E-state index contributed by atoms with van der Waals surface area (Å²) < 4.78 is 0.